The minimum atomic E-state index is -0.425. The molecule has 172 valence electrons. The van der Waals surface area contributed by atoms with Gasteiger partial charge >= 0.3 is 0 Å². The maximum Gasteiger partial charge on any atom is 0.294 e. The molecule has 33 heavy (non-hydrogen) atoms. The number of para-hydroxylation sites is 2. The number of carbonyl (C=O) groups excluding carboxylic acids is 2. The number of aromatic nitrogens is 2. The molecule has 7 nitrogen and oxygen atoms in total. The fourth-order valence-corrected chi connectivity index (χ4v) is 4.63. The monoisotopic (exact) mass is 446 g/mol. The fourth-order valence-electron chi connectivity index (χ4n) is 4.63. The van der Waals surface area contributed by atoms with Crippen molar-refractivity contribution >= 4 is 34.4 Å². The Bertz CT molecular complexity index is 1260. The van der Waals surface area contributed by atoms with Gasteiger partial charge in [0, 0.05) is 18.7 Å². The molecule has 0 bridgehead atoms. The molecule has 0 radical (unpaired) electrons. The number of benzene rings is 2. The first-order valence-electron chi connectivity index (χ1n) is 11.5. The summed E-state index contributed by atoms with van der Waals surface area (Å²) in [6.07, 6.45) is 4.88. The highest BCUT2D eigenvalue weighted by molar-refractivity contribution is 5.94. The zero-order valence-electron chi connectivity index (χ0n) is 19.4. The van der Waals surface area contributed by atoms with Crippen molar-refractivity contribution in [2.45, 2.75) is 65.5 Å². The van der Waals surface area contributed by atoms with Crippen molar-refractivity contribution in [3.63, 3.8) is 0 Å². The number of fused-ring (bicyclic) bond motifs is 1. The maximum atomic E-state index is 13.6. The van der Waals surface area contributed by atoms with Crippen LogP contribution in [0.25, 0.3) is 11.0 Å². The second-order valence-corrected chi connectivity index (χ2v) is 8.79. The van der Waals surface area contributed by atoms with Crippen LogP contribution < -0.4 is 15.8 Å². The van der Waals surface area contributed by atoms with Gasteiger partial charge in [-0.2, -0.15) is 0 Å². The van der Waals surface area contributed by atoms with Crippen molar-refractivity contribution in [1.82, 2.24) is 9.55 Å². The van der Waals surface area contributed by atoms with E-state index in [9.17, 15) is 14.4 Å². The van der Waals surface area contributed by atoms with E-state index in [2.05, 4.69) is 10.3 Å². The standard InChI is InChI=1S/C26H30N4O3/c1-17-10-9-14-21(18(17)2)27-24(32)16-29-23-15-8-7-13-22(23)28-25(26(29)33)30(19(3)31)20-11-5-4-6-12-20/h7-10,13-15,20H,4-6,11-12,16H2,1-3H3,(H,27,32). The summed E-state index contributed by atoms with van der Waals surface area (Å²) in [5.74, 6) is -0.402. The van der Waals surface area contributed by atoms with E-state index >= 15 is 0 Å². The molecule has 7 heteroatoms. The molecule has 2 aromatic carbocycles. The van der Waals surface area contributed by atoms with E-state index in [1.807, 2.05) is 44.2 Å². The summed E-state index contributed by atoms with van der Waals surface area (Å²) in [5.41, 5.74) is 3.50. The van der Waals surface area contributed by atoms with Crippen molar-refractivity contribution in [3.05, 3.63) is 63.9 Å². The Hall–Kier alpha value is -3.48. The molecule has 1 aromatic heterocycles. The number of hydrogen-bond donors (Lipinski definition) is 1. The highest BCUT2D eigenvalue weighted by Gasteiger charge is 2.29. The predicted octanol–water partition coefficient (Wildman–Crippen LogP) is 4.34. The number of amides is 2. The molecular formula is C26H30N4O3. The first-order chi connectivity index (χ1) is 15.9. The molecule has 0 aliphatic heterocycles. The molecule has 1 aliphatic carbocycles. The lowest BCUT2D eigenvalue weighted by Crippen LogP contribution is -2.45. The van der Waals surface area contributed by atoms with E-state index in [-0.39, 0.29) is 30.2 Å². The first-order valence-corrected chi connectivity index (χ1v) is 11.5. The second-order valence-electron chi connectivity index (χ2n) is 8.79. The zero-order valence-corrected chi connectivity index (χ0v) is 19.4. The van der Waals surface area contributed by atoms with Crippen molar-refractivity contribution in [2.24, 2.45) is 0 Å². The quantitative estimate of drug-likeness (QED) is 0.632. The molecular weight excluding hydrogens is 416 g/mol. The number of aryl methyl sites for hydroxylation is 1. The minimum absolute atomic E-state index is 0.0465. The maximum absolute atomic E-state index is 13.6. The summed E-state index contributed by atoms with van der Waals surface area (Å²) >= 11 is 0. The van der Waals surface area contributed by atoms with Crippen molar-refractivity contribution < 1.29 is 9.59 Å². The molecule has 0 unspecified atom stereocenters. The van der Waals surface area contributed by atoms with Gasteiger partial charge < -0.3 is 5.32 Å². The molecule has 0 saturated heterocycles. The lowest BCUT2D eigenvalue weighted by Gasteiger charge is -2.32. The summed E-state index contributed by atoms with van der Waals surface area (Å²) in [6, 6.07) is 12.9. The normalized spacial score (nSPS) is 14.3. The van der Waals surface area contributed by atoms with Crippen LogP contribution in [0.1, 0.15) is 50.2 Å². The third-order valence-corrected chi connectivity index (χ3v) is 6.52. The van der Waals surface area contributed by atoms with Crippen molar-refractivity contribution in [3.8, 4) is 0 Å². The lowest BCUT2D eigenvalue weighted by molar-refractivity contribution is -0.117. The fraction of sp³-hybridized carbons (Fsp3) is 0.385. The molecule has 0 atom stereocenters. The van der Waals surface area contributed by atoms with Crippen LogP contribution in [-0.2, 0) is 16.1 Å². The topological polar surface area (TPSA) is 84.3 Å². The molecule has 1 fully saturated rings. The molecule has 3 aromatic rings. The van der Waals surface area contributed by atoms with Gasteiger partial charge in [0.05, 0.1) is 11.0 Å². The van der Waals surface area contributed by atoms with Crippen LogP contribution in [0.4, 0.5) is 11.5 Å². The van der Waals surface area contributed by atoms with Gasteiger partial charge in [0.15, 0.2) is 0 Å². The Balaban J connectivity index is 1.75. The van der Waals surface area contributed by atoms with Crippen LogP contribution in [0.5, 0.6) is 0 Å². The number of nitrogens with one attached hydrogen (secondary N) is 1. The average Bonchev–Trinajstić information content (AvgIpc) is 2.80. The molecule has 2 amide bonds. The van der Waals surface area contributed by atoms with Gasteiger partial charge in [-0.15, -0.1) is 0 Å². The van der Waals surface area contributed by atoms with Crippen LogP contribution in [0.15, 0.2) is 47.3 Å². The van der Waals surface area contributed by atoms with E-state index in [4.69, 9.17) is 0 Å². The third kappa shape index (κ3) is 4.67. The number of rotatable bonds is 5. The summed E-state index contributed by atoms with van der Waals surface area (Å²) in [6.45, 7) is 5.24. The van der Waals surface area contributed by atoms with Crippen LogP contribution in [0.3, 0.4) is 0 Å². The Labute approximate surface area is 193 Å². The van der Waals surface area contributed by atoms with Gasteiger partial charge in [0.2, 0.25) is 17.6 Å². The summed E-state index contributed by atoms with van der Waals surface area (Å²) < 4.78 is 1.43. The first kappa shape index (κ1) is 22.7. The van der Waals surface area contributed by atoms with Gasteiger partial charge in [-0.1, -0.05) is 43.5 Å². The van der Waals surface area contributed by atoms with E-state index in [0.717, 1.165) is 48.9 Å². The van der Waals surface area contributed by atoms with Crippen molar-refractivity contribution in [1.29, 1.82) is 0 Å². The van der Waals surface area contributed by atoms with Crippen LogP contribution in [-0.4, -0.2) is 27.4 Å². The smallest absolute Gasteiger partial charge is 0.294 e. The van der Waals surface area contributed by atoms with Gasteiger partial charge in [0.25, 0.3) is 5.56 Å². The van der Waals surface area contributed by atoms with Crippen LogP contribution >= 0.6 is 0 Å². The molecule has 4 rings (SSSR count). The number of nitrogens with zero attached hydrogens (tertiary/aromatic N) is 3. The van der Waals surface area contributed by atoms with Crippen LogP contribution in [0, 0.1) is 13.8 Å². The number of hydrogen-bond acceptors (Lipinski definition) is 4. The van der Waals surface area contributed by atoms with E-state index in [1.54, 1.807) is 17.0 Å². The molecule has 1 aliphatic rings. The van der Waals surface area contributed by atoms with Gasteiger partial charge in [-0.25, -0.2) is 4.98 Å². The highest BCUT2D eigenvalue weighted by Crippen LogP contribution is 2.26. The zero-order chi connectivity index (χ0) is 23.5. The molecule has 1 heterocycles. The predicted molar refractivity (Wildman–Crippen MR) is 131 cm³/mol. The lowest BCUT2D eigenvalue weighted by atomic mass is 9.94. The summed E-state index contributed by atoms with van der Waals surface area (Å²) in [4.78, 5) is 45.4. The number of carbonyl (C=O) groups is 2. The summed E-state index contributed by atoms with van der Waals surface area (Å²) in [5, 5.41) is 2.93. The SMILES string of the molecule is CC(=O)N(c1nc2ccccc2n(CC(=O)Nc2cccc(C)c2C)c1=O)C1CCCCC1. The highest BCUT2D eigenvalue weighted by atomic mass is 16.2. The summed E-state index contributed by atoms with van der Waals surface area (Å²) in [7, 11) is 0. The molecule has 0 spiro atoms. The molecule has 1 saturated carbocycles. The van der Waals surface area contributed by atoms with Gasteiger partial charge in [-0.05, 0) is 56.0 Å². The minimum Gasteiger partial charge on any atom is -0.324 e. The van der Waals surface area contributed by atoms with Crippen LogP contribution in [0.2, 0.25) is 0 Å². The third-order valence-electron chi connectivity index (χ3n) is 6.52. The Morgan fingerprint density at radius 1 is 1.06 bits per heavy atom. The van der Waals surface area contributed by atoms with E-state index < -0.39 is 5.56 Å². The van der Waals surface area contributed by atoms with Crippen molar-refractivity contribution in [2.75, 3.05) is 10.2 Å². The average molecular weight is 447 g/mol. The molecule has 1 N–H and O–H groups in total. The van der Waals surface area contributed by atoms with Gasteiger partial charge in [0.1, 0.15) is 6.54 Å². The number of anilines is 2. The van der Waals surface area contributed by atoms with E-state index in [1.165, 1.54) is 11.5 Å². The largest absolute Gasteiger partial charge is 0.324 e. The van der Waals surface area contributed by atoms with Gasteiger partial charge in [-0.3, -0.25) is 23.9 Å². The second kappa shape index (κ2) is 9.57. The Morgan fingerprint density at radius 3 is 2.52 bits per heavy atom. The van der Waals surface area contributed by atoms with E-state index in [0.29, 0.717) is 11.0 Å². The Kier molecular flexibility index (Phi) is 6.58. The Morgan fingerprint density at radius 2 is 1.79 bits per heavy atom.